The van der Waals surface area contributed by atoms with Gasteiger partial charge in [0.05, 0.1) is 6.61 Å². The maximum Gasteiger partial charge on any atom is 0.253 e. The standard InChI is InChI=1S/C22H25N5O3/c1-3-20-24-21(25-30-20)17-7-10-19(23-15-17)26-11-13-27(14-12-26)22(28)16-5-8-18(9-6-16)29-4-2/h5-10,15H,3-4,11-14H2,1-2H3. The van der Waals surface area contributed by atoms with Crippen molar-refractivity contribution >= 4 is 11.7 Å². The van der Waals surface area contributed by atoms with E-state index in [1.165, 1.54) is 0 Å². The second-order valence-electron chi connectivity index (χ2n) is 7.01. The minimum atomic E-state index is 0.0461. The lowest BCUT2D eigenvalue weighted by Crippen LogP contribution is -2.49. The van der Waals surface area contributed by atoms with Crippen LogP contribution in [0.2, 0.25) is 0 Å². The second kappa shape index (κ2) is 8.94. The molecular weight excluding hydrogens is 382 g/mol. The van der Waals surface area contributed by atoms with Crippen LogP contribution in [0.15, 0.2) is 47.1 Å². The molecule has 0 spiro atoms. The molecule has 1 aliphatic rings. The van der Waals surface area contributed by atoms with Crippen LogP contribution in [0, 0.1) is 0 Å². The fourth-order valence-electron chi connectivity index (χ4n) is 3.40. The number of aromatic nitrogens is 3. The summed E-state index contributed by atoms with van der Waals surface area (Å²) in [6, 6.07) is 11.2. The lowest BCUT2D eigenvalue weighted by atomic mass is 10.1. The molecular formula is C22H25N5O3. The van der Waals surface area contributed by atoms with Gasteiger partial charge in [0.15, 0.2) is 0 Å². The lowest BCUT2D eigenvalue weighted by Gasteiger charge is -2.35. The van der Waals surface area contributed by atoms with Crippen LogP contribution in [0.3, 0.4) is 0 Å². The molecule has 4 rings (SSSR count). The minimum Gasteiger partial charge on any atom is -0.494 e. The predicted octanol–water partition coefficient (Wildman–Crippen LogP) is 3.06. The van der Waals surface area contributed by atoms with E-state index in [4.69, 9.17) is 9.26 Å². The van der Waals surface area contributed by atoms with Crippen molar-refractivity contribution < 1.29 is 14.1 Å². The fourth-order valence-corrected chi connectivity index (χ4v) is 3.40. The number of carbonyl (C=O) groups excluding carboxylic acids is 1. The molecule has 8 nitrogen and oxygen atoms in total. The Balaban J connectivity index is 1.35. The summed E-state index contributed by atoms with van der Waals surface area (Å²) >= 11 is 0. The summed E-state index contributed by atoms with van der Waals surface area (Å²) in [5.74, 6) is 2.87. The highest BCUT2D eigenvalue weighted by Crippen LogP contribution is 2.20. The largest absolute Gasteiger partial charge is 0.494 e. The summed E-state index contributed by atoms with van der Waals surface area (Å²) < 4.78 is 10.6. The highest BCUT2D eigenvalue weighted by Gasteiger charge is 2.23. The van der Waals surface area contributed by atoms with Gasteiger partial charge in [-0.3, -0.25) is 4.79 Å². The maximum atomic E-state index is 12.8. The molecule has 0 bridgehead atoms. The Labute approximate surface area is 175 Å². The Hall–Kier alpha value is -3.42. The minimum absolute atomic E-state index is 0.0461. The van der Waals surface area contributed by atoms with Crippen LogP contribution in [-0.2, 0) is 6.42 Å². The van der Waals surface area contributed by atoms with Gasteiger partial charge in [0.25, 0.3) is 5.91 Å². The van der Waals surface area contributed by atoms with Crippen LogP contribution in [-0.4, -0.2) is 58.7 Å². The van der Waals surface area contributed by atoms with Gasteiger partial charge in [-0.15, -0.1) is 0 Å². The number of piperazine rings is 1. The van der Waals surface area contributed by atoms with Gasteiger partial charge >= 0.3 is 0 Å². The summed E-state index contributed by atoms with van der Waals surface area (Å²) in [7, 11) is 0. The number of aryl methyl sites for hydroxylation is 1. The molecule has 1 amide bonds. The maximum absolute atomic E-state index is 12.8. The van der Waals surface area contributed by atoms with Crippen LogP contribution in [0.25, 0.3) is 11.4 Å². The molecule has 1 aliphatic heterocycles. The van der Waals surface area contributed by atoms with Gasteiger partial charge in [-0.2, -0.15) is 4.98 Å². The van der Waals surface area contributed by atoms with Crippen molar-refractivity contribution in [3.8, 4) is 17.1 Å². The monoisotopic (exact) mass is 407 g/mol. The zero-order valence-corrected chi connectivity index (χ0v) is 17.2. The number of anilines is 1. The van der Waals surface area contributed by atoms with Crippen molar-refractivity contribution in [3.05, 3.63) is 54.0 Å². The summed E-state index contributed by atoms with van der Waals surface area (Å²) in [6.07, 6.45) is 2.47. The number of rotatable bonds is 6. The number of benzene rings is 1. The number of carbonyl (C=O) groups is 1. The van der Waals surface area contributed by atoms with Gasteiger partial charge < -0.3 is 19.1 Å². The molecule has 1 aromatic carbocycles. The Morgan fingerprint density at radius 3 is 2.43 bits per heavy atom. The molecule has 3 heterocycles. The van der Waals surface area contributed by atoms with Crippen LogP contribution in [0.4, 0.5) is 5.82 Å². The Kier molecular flexibility index (Phi) is 5.92. The molecule has 8 heteroatoms. The van der Waals surface area contributed by atoms with Crippen molar-refractivity contribution in [2.24, 2.45) is 0 Å². The molecule has 156 valence electrons. The topological polar surface area (TPSA) is 84.6 Å². The Morgan fingerprint density at radius 1 is 1.07 bits per heavy atom. The molecule has 0 atom stereocenters. The third kappa shape index (κ3) is 4.27. The molecule has 3 aromatic rings. The van der Waals surface area contributed by atoms with E-state index in [2.05, 4.69) is 20.0 Å². The smallest absolute Gasteiger partial charge is 0.253 e. The van der Waals surface area contributed by atoms with Gasteiger partial charge in [-0.1, -0.05) is 12.1 Å². The molecule has 0 N–H and O–H groups in total. The summed E-state index contributed by atoms with van der Waals surface area (Å²) in [4.78, 5) is 25.7. The van der Waals surface area contributed by atoms with Gasteiger partial charge in [-0.25, -0.2) is 4.98 Å². The van der Waals surface area contributed by atoms with Crippen molar-refractivity contribution in [2.75, 3.05) is 37.7 Å². The zero-order chi connectivity index (χ0) is 20.9. The molecule has 0 radical (unpaired) electrons. The van der Waals surface area contributed by atoms with E-state index in [0.717, 1.165) is 30.2 Å². The molecule has 0 aliphatic carbocycles. The molecule has 0 saturated carbocycles. The average molecular weight is 407 g/mol. The average Bonchev–Trinajstić information content (AvgIpc) is 3.29. The first-order chi connectivity index (χ1) is 14.7. The quantitative estimate of drug-likeness (QED) is 0.621. The normalized spacial score (nSPS) is 14.1. The van der Waals surface area contributed by atoms with Gasteiger partial charge in [0.2, 0.25) is 11.7 Å². The first-order valence-electron chi connectivity index (χ1n) is 10.2. The van der Waals surface area contributed by atoms with Gasteiger partial charge in [0.1, 0.15) is 11.6 Å². The molecule has 2 aromatic heterocycles. The summed E-state index contributed by atoms with van der Waals surface area (Å²) in [5, 5.41) is 3.98. The molecule has 0 unspecified atom stereocenters. The molecule has 1 saturated heterocycles. The van der Waals surface area contributed by atoms with Crippen LogP contribution in [0.1, 0.15) is 30.1 Å². The highest BCUT2D eigenvalue weighted by atomic mass is 16.5. The SMILES string of the molecule is CCOc1ccc(C(=O)N2CCN(c3ccc(-c4noc(CC)n4)cn3)CC2)cc1. The fraction of sp³-hybridized carbons (Fsp3) is 0.364. The van der Waals surface area contributed by atoms with E-state index in [1.54, 1.807) is 6.20 Å². The molecule has 1 fully saturated rings. The van der Waals surface area contributed by atoms with Crippen molar-refractivity contribution in [1.29, 1.82) is 0 Å². The lowest BCUT2D eigenvalue weighted by molar-refractivity contribution is 0.0746. The van der Waals surface area contributed by atoms with Crippen LogP contribution in [0.5, 0.6) is 5.75 Å². The zero-order valence-electron chi connectivity index (χ0n) is 17.2. The number of amides is 1. The van der Waals surface area contributed by atoms with E-state index in [0.29, 0.717) is 43.4 Å². The van der Waals surface area contributed by atoms with Gasteiger partial charge in [0, 0.05) is 49.9 Å². The van der Waals surface area contributed by atoms with E-state index in [-0.39, 0.29) is 5.91 Å². The Morgan fingerprint density at radius 2 is 1.83 bits per heavy atom. The molecule has 30 heavy (non-hydrogen) atoms. The first-order valence-corrected chi connectivity index (χ1v) is 10.2. The summed E-state index contributed by atoms with van der Waals surface area (Å²) in [5.41, 5.74) is 1.51. The third-order valence-corrected chi connectivity index (χ3v) is 5.08. The third-order valence-electron chi connectivity index (χ3n) is 5.08. The number of ether oxygens (including phenoxy) is 1. The van der Waals surface area contributed by atoms with E-state index in [1.807, 2.05) is 55.1 Å². The van der Waals surface area contributed by atoms with Crippen molar-refractivity contribution in [3.63, 3.8) is 0 Å². The summed E-state index contributed by atoms with van der Waals surface area (Å²) in [6.45, 7) is 7.29. The van der Waals surface area contributed by atoms with Crippen molar-refractivity contribution in [2.45, 2.75) is 20.3 Å². The number of hydrogen-bond acceptors (Lipinski definition) is 7. The van der Waals surface area contributed by atoms with E-state index in [9.17, 15) is 4.79 Å². The predicted molar refractivity (Wildman–Crippen MR) is 113 cm³/mol. The van der Waals surface area contributed by atoms with Gasteiger partial charge in [-0.05, 0) is 43.3 Å². The Bertz CT molecular complexity index is 977. The number of hydrogen-bond donors (Lipinski definition) is 0. The van der Waals surface area contributed by atoms with E-state index >= 15 is 0 Å². The van der Waals surface area contributed by atoms with E-state index < -0.39 is 0 Å². The first kappa shape index (κ1) is 19.9. The van der Waals surface area contributed by atoms with Crippen LogP contribution < -0.4 is 9.64 Å². The van der Waals surface area contributed by atoms with Crippen LogP contribution >= 0.6 is 0 Å². The second-order valence-corrected chi connectivity index (χ2v) is 7.01. The number of pyridine rings is 1. The van der Waals surface area contributed by atoms with Crippen molar-refractivity contribution in [1.82, 2.24) is 20.0 Å². The number of nitrogens with zero attached hydrogens (tertiary/aromatic N) is 5. The highest BCUT2D eigenvalue weighted by molar-refractivity contribution is 5.94.